The minimum Gasteiger partial charge on any atom is -0.492 e. The minimum absolute atomic E-state index is 0.144. The van der Waals surface area contributed by atoms with Crippen molar-refractivity contribution in [2.45, 2.75) is 59.8 Å². The van der Waals surface area contributed by atoms with E-state index in [4.69, 9.17) is 16.3 Å². The molecular weight excluding hydrogens is 351 g/mol. The lowest BCUT2D eigenvalue weighted by molar-refractivity contribution is -0.106. The Morgan fingerprint density at radius 1 is 1.38 bits per heavy atom. The molecule has 142 valence electrons. The van der Waals surface area contributed by atoms with Gasteiger partial charge in [0, 0.05) is 11.1 Å². The van der Waals surface area contributed by atoms with Crippen LogP contribution in [0.15, 0.2) is 18.0 Å². The third-order valence-corrected chi connectivity index (χ3v) is 5.38. The zero-order valence-corrected chi connectivity index (χ0v) is 17.3. The molecule has 0 saturated heterocycles. The number of hydrogen-bond donors (Lipinski definition) is 0. The summed E-state index contributed by atoms with van der Waals surface area (Å²) in [5, 5.41) is 0.528. The molecule has 0 heterocycles. The van der Waals surface area contributed by atoms with Crippen molar-refractivity contribution in [2.24, 2.45) is 5.92 Å². The van der Waals surface area contributed by atoms with Crippen molar-refractivity contribution in [3.05, 3.63) is 39.7 Å². The number of halogens is 2. The van der Waals surface area contributed by atoms with Crippen molar-refractivity contribution in [3.63, 3.8) is 0 Å². The smallest absolute Gasteiger partial charge is 0.178 e. The second-order valence-corrected chi connectivity index (χ2v) is 8.00. The minimum atomic E-state index is -0.769. The fraction of sp³-hybridized carbons (Fsp3) is 0.500. The first-order valence-corrected chi connectivity index (χ1v) is 9.61. The lowest BCUT2D eigenvalue weighted by atomic mass is 9.70. The number of benzene rings is 1. The average molecular weight is 379 g/mol. The molecule has 0 bridgehead atoms. The van der Waals surface area contributed by atoms with Crippen LogP contribution in [0.4, 0.5) is 4.39 Å². The van der Waals surface area contributed by atoms with Gasteiger partial charge in [0.25, 0.3) is 0 Å². The highest BCUT2D eigenvalue weighted by atomic mass is 35.5. The number of ether oxygens (including phenoxy) is 1. The van der Waals surface area contributed by atoms with E-state index in [2.05, 4.69) is 33.8 Å². The van der Waals surface area contributed by atoms with Gasteiger partial charge in [-0.1, -0.05) is 52.3 Å². The summed E-state index contributed by atoms with van der Waals surface area (Å²) in [5.41, 5.74) is 4.04. The fourth-order valence-electron chi connectivity index (χ4n) is 3.71. The first-order chi connectivity index (χ1) is 12.2. The quantitative estimate of drug-likeness (QED) is 0.404. The Balaban J connectivity index is 2.92. The summed E-state index contributed by atoms with van der Waals surface area (Å²) >= 11 is 6.83. The van der Waals surface area contributed by atoms with Gasteiger partial charge in [-0.2, -0.15) is 0 Å². The monoisotopic (exact) mass is 378 g/mol. The van der Waals surface area contributed by atoms with Gasteiger partial charge < -0.3 is 4.74 Å². The summed E-state index contributed by atoms with van der Waals surface area (Å²) in [5.74, 6) is 0.0196. The van der Waals surface area contributed by atoms with Gasteiger partial charge in [-0.05, 0) is 53.9 Å². The summed E-state index contributed by atoms with van der Waals surface area (Å²) in [4.78, 5) is 11.1. The Morgan fingerprint density at radius 3 is 2.54 bits per heavy atom. The molecule has 0 N–H and O–H groups in total. The van der Waals surface area contributed by atoms with Crippen LogP contribution in [-0.4, -0.2) is 12.9 Å². The van der Waals surface area contributed by atoms with Crippen LogP contribution in [0.1, 0.15) is 71.1 Å². The van der Waals surface area contributed by atoms with E-state index in [1.807, 2.05) is 19.9 Å². The van der Waals surface area contributed by atoms with Gasteiger partial charge in [0.1, 0.15) is 5.75 Å². The molecule has 0 radical (unpaired) electrons. The van der Waals surface area contributed by atoms with Crippen molar-refractivity contribution in [1.29, 1.82) is 0 Å². The van der Waals surface area contributed by atoms with E-state index in [0.717, 1.165) is 17.5 Å². The number of carbonyl (C=O) groups is 1. The van der Waals surface area contributed by atoms with Gasteiger partial charge in [0.05, 0.1) is 11.6 Å². The Morgan fingerprint density at radius 2 is 2.04 bits per heavy atom. The van der Waals surface area contributed by atoms with E-state index in [9.17, 15) is 9.18 Å². The van der Waals surface area contributed by atoms with Gasteiger partial charge in [0.15, 0.2) is 12.1 Å². The Hall–Kier alpha value is -1.61. The summed E-state index contributed by atoms with van der Waals surface area (Å²) in [7, 11) is 0. The summed E-state index contributed by atoms with van der Waals surface area (Å²) in [6, 6.07) is 1.96. The molecule has 1 aromatic rings. The highest BCUT2D eigenvalue weighted by molar-refractivity contribution is 6.33. The molecule has 2 rings (SSSR count). The molecule has 0 aliphatic heterocycles. The molecule has 0 fully saturated rings. The van der Waals surface area contributed by atoms with E-state index in [0.29, 0.717) is 40.9 Å². The van der Waals surface area contributed by atoms with Crippen molar-refractivity contribution in [2.75, 3.05) is 6.61 Å². The van der Waals surface area contributed by atoms with Crippen molar-refractivity contribution in [1.82, 2.24) is 0 Å². The standard InChI is InChI=1S/C22H28ClFO2/c1-7-14(18(24)12-25)17-11-16-15(13(3)4)9-10-22(5,6)19(16)20(23)21(17)26-8-2/h9,11-13H,7-8,10H2,1-6H3. The molecule has 1 aliphatic rings. The lowest BCUT2D eigenvalue weighted by Gasteiger charge is -2.35. The highest BCUT2D eigenvalue weighted by Crippen LogP contribution is 2.50. The average Bonchev–Trinajstić information content (AvgIpc) is 2.57. The van der Waals surface area contributed by atoms with Crippen LogP contribution >= 0.6 is 11.6 Å². The predicted octanol–water partition coefficient (Wildman–Crippen LogP) is 6.75. The molecule has 1 aromatic carbocycles. The van der Waals surface area contributed by atoms with Crippen LogP contribution in [0.2, 0.25) is 5.02 Å². The normalized spacial score (nSPS) is 16.7. The molecule has 2 nitrogen and oxygen atoms in total. The summed E-state index contributed by atoms with van der Waals surface area (Å²) in [6.45, 7) is 12.7. The van der Waals surface area contributed by atoms with Gasteiger partial charge in [0.2, 0.25) is 0 Å². The Bertz CT molecular complexity index is 773. The number of aldehydes is 1. The van der Waals surface area contributed by atoms with Crippen LogP contribution in [0.25, 0.3) is 11.1 Å². The second kappa shape index (κ2) is 7.96. The third kappa shape index (κ3) is 3.59. The first kappa shape index (κ1) is 20.7. The Kier molecular flexibility index (Phi) is 6.33. The predicted molar refractivity (Wildman–Crippen MR) is 107 cm³/mol. The van der Waals surface area contributed by atoms with Gasteiger partial charge >= 0.3 is 0 Å². The second-order valence-electron chi connectivity index (χ2n) is 7.62. The number of fused-ring (bicyclic) bond motifs is 1. The molecular formula is C22H28ClFO2. The van der Waals surface area contributed by atoms with Crippen LogP contribution in [0, 0.1) is 5.92 Å². The topological polar surface area (TPSA) is 26.3 Å². The molecule has 4 heteroatoms. The maximum Gasteiger partial charge on any atom is 0.178 e. The zero-order chi connectivity index (χ0) is 19.6. The number of allylic oxidation sites excluding steroid dienone is 4. The Labute approximate surface area is 161 Å². The van der Waals surface area contributed by atoms with Crippen LogP contribution in [0.3, 0.4) is 0 Å². The van der Waals surface area contributed by atoms with E-state index in [1.165, 1.54) is 5.57 Å². The first-order valence-electron chi connectivity index (χ1n) is 9.23. The number of rotatable bonds is 6. The van der Waals surface area contributed by atoms with Crippen LogP contribution < -0.4 is 4.74 Å². The highest BCUT2D eigenvalue weighted by Gasteiger charge is 2.34. The number of hydrogen-bond acceptors (Lipinski definition) is 2. The van der Waals surface area contributed by atoms with Crippen molar-refractivity contribution < 1.29 is 13.9 Å². The van der Waals surface area contributed by atoms with Gasteiger partial charge in [-0.15, -0.1) is 0 Å². The molecule has 26 heavy (non-hydrogen) atoms. The van der Waals surface area contributed by atoms with Crippen molar-refractivity contribution >= 4 is 29.0 Å². The van der Waals surface area contributed by atoms with Gasteiger partial charge in [-0.3, -0.25) is 4.79 Å². The van der Waals surface area contributed by atoms with Gasteiger partial charge in [-0.25, -0.2) is 4.39 Å². The SMILES string of the molecule is CCOc1c(C(CC)=C(F)C=O)cc2c(c1Cl)C(C)(C)CC=C2C(C)C. The number of carbonyl (C=O) groups excluding carboxylic acids is 1. The zero-order valence-electron chi connectivity index (χ0n) is 16.5. The summed E-state index contributed by atoms with van der Waals surface area (Å²) in [6.07, 6.45) is 3.77. The fourth-order valence-corrected chi connectivity index (χ4v) is 4.23. The van der Waals surface area contributed by atoms with Crippen LogP contribution in [0.5, 0.6) is 5.75 Å². The van der Waals surface area contributed by atoms with E-state index >= 15 is 0 Å². The lowest BCUT2D eigenvalue weighted by Crippen LogP contribution is -2.24. The molecule has 0 aromatic heterocycles. The molecule has 0 unspecified atom stereocenters. The molecule has 0 atom stereocenters. The largest absolute Gasteiger partial charge is 0.492 e. The molecule has 0 spiro atoms. The van der Waals surface area contributed by atoms with Crippen molar-refractivity contribution in [3.8, 4) is 5.75 Å². The van der Waals surface area contributed by atoms with E-state index in [-0.39, 0.29) is 11.7 Å². The maximum atomic E-state index is 14.3. The third-order valence-electron chi connectivity index (χ3n) is 5.02. The van der Waals surface area contributed by atoms with E-state index in [1.54, 1.807) is 0 Å². The molecule has 1 aliphatic carbocycles. The molecule has 0 saturated carbocycles. The van der Waals surface area contributed by atoms with E-state index < -0.39 is 5.83 Å². The summed E-state index contributed by atoms with van der Waals surface area (Å²) < 4.78 is 20.1. The maximum absolute atomic E-state index is 14.3. The van der Waals surface area contributed by atoms with Crippen LogP contribution in [-0.2, 0) is 10.2 Å². The molecule has 0 amide bonds.